The molecule has 0 spiro atoms. The van der Waals surface area contributed by atoms with Gasteiger partial charge in [0.25, 0.3) is 0 Å². The summed E-state index contributed by atoms with van der Waals surface area (Å²) in [4.78, 5) is 0. The summed E-state index contributed by atoms with van der Waals surface area (Å²) in [5.74, 6) is 0.783. The Morgan fingerprint density at radius 3 is 1.90 bits per heavy atom. The number of fused-ring (bicyclic) bond motifs is 1. The fraction of sp³-hybridized carbons (Fsp3) is 0.0370. The van der Waals surface area contributed by atoms with Gasteiger partial charge in [-0.05, 0) is 28.8 Å². The molecule has 0 saturated heterocycles. The molecular formula is C27H21O2P. The molecule has 4 aromatic carbocycles. The van der Waals surface area contributed by atoms with Gasteiger partial charge in [0.2, 0.25) is 0 Å². The maximum atomic E-state index is 15.0. The minimum atomic E-state index is -3.05. The van der Waals surface area contributed by atoms with Gasteiger partial charge >= 0.3 is 0 Å². The van der Waals surface area contributed by atoms with Gasteiger partial charge < -0.3 is 9.30 Å². The van der Waals surface area contributed by atoms with E-state index in [0.29, 0.717) is 0 Å². The third-order valence-electron chi connectivity index (χ3n) is 5.61. The Morgan fingerprint density at radius 1 is 0.633 bits per heavy atom. The summed E-state index contributed by atoms with van der Waals surface area (Å²) in [6.45, 7) is 0. The monoisotopic (exact) mass is 408 g/mol. The average molecular weight is 408 g/mol. The molecule has 0 N–H and O–H groups in total. The molecule has 3 heteroatoms. The van der Waals surface area contributed by atoms with Crippen LogP contribution in [0.1, 0.15) is 16.7 Å². The molecule has 4 aromatic rings. The lowest BCUT2D eigenvalue weighted by Gasteiger charge is -2.19. The zero-order valence-electron chi connectivity index (χ0n) is 16.7. The third kappa shape index (κ3) is 2.84. The zero-order valence-corrected chi connectivity index (χ0v) is 17.6. The van der Waals surface area contributed by atoms with Gasteiger partial charge in [0.15, 0.2) is 7.14 Å². The quantitative estimate of drug-likeness (QED) is 0.391. The first-order chi connectivity index (χ1) is 14.7. The molecule has 1 aliphatic rings. The summed E-state index contributed by atoms with van der Waals surface area (Å²) < 4.78 is 20.4. The SMILES string of the molecule is COc1ccc(C2=C(c3ccccc3)c3ccccc3P2(=O)c2ccccc2)cc1. The Kier molecular flexibility index (Phi) is 4.65. The van der Waals surface area contributed by atoms with E-state index >= 15 is 4.57 Å². The lowest BCUT2D eigenvalue weighted by Crippen LogP contribution is -2.15. The van der Waals surface area contributed by atoms with Gasteiger partial charge in [0.1, 0.15) is 5.75 Å². The molecule has 0 aromatic heterocycles. The maximum Gasteiger partial charge on any atom is 0.172 e. The topological polar surface area (TPSA) is 26.3 Å². The number of hydrogen-bond donors (Lipinski definition) is 0. The molecule has 2 nitrogen and oxygen atoms in total. The van der Waals surface area contributed by atoms with Crippen molar-refractivity contribution in [3.05, 3.63) is 126 Å². The van der Waals surface area contributed by atoms with Crippen molar-refractivity contribution in [1.82, 2.24) is 0 Å². The summed E-state index contributed by atoms with van der Waals surface area (Å²) in [6, 6.07) is 36.1. The molecule has 1 unspecified atom stereocenters. The molecule has 0 fully saturated rings. The second-order valence-corrected chi connectivity index (χ2v) is 9.94. The molecule has 5 rings (SSSR count). The molecule has 0 saturated carbocycles. The fourth-order valence-corrected chi connectivity index (χ4v) is 7.51. The Hall–Kier alpha value is -3.35. The van der Waals surface area contributed by atoms with Crippen molar-refractivity contribution in [1.29, 1.82) is 0 Å². The van der Waals surface area contributed by atoms with Gasteiger partial charge in [-0.3, -0.25) is 0 Å². The van der Waals surface area contributed by atoms with Gasteiger partial charge in [-0.25, -0.2) is 0 Å². The standard InChI is InChI=1S/C27H21O2P/c1-29-22-18-16-21(17-19-22)27-26(20-10-4-2-5-11-20)24-14-8-9-15-25(24)30(27,28)23-12-6-3-7-13-23/h2-19H,1H3. The van der Waals surface area contributed by atoms with Crippen LogP contribution < -0.4 is 15.3 Å². The highest BCUT2D eigenvalue weighted by Gasteiger charge is 2.43. The van der Waals surface area contributed by atoms with Gasteiger partial charge in [0, 0.05) is 21.5 Å². The van der Waals surface area contributed by atoms with Gasteiger partial charge in [-0.2, -0.15) is 0 Å². The summed E-state index contributed by atoms with van der Waals surface area (Å²) in [7, 11) is -1.39. The number of ether oxygens (including phenoxy) is 1. The third-order valence-corrected chi connectivity index (χ3v) is 8.82. The van der Waals surface area contributed by atoms with E-state index in [0.717, 1.165) is 43.9 Å². The molecular weight excluding hydrogens is 387 g/mol. The Labute approximate surface area is 176 Å². The predicted molar refractivity (Wildman–Crippen MR) is 125 cm³/mol. The number of methoxy groups -OCH3 is 1. The number of benzene rings is 4. The first-order valence-corrected chi connectivity index (χ1v) is 11.6. The minimum Gasteiger partial charge on any atom is -0.497 e. The van der Waals surface area contributed by atoms with E-state index in [1.807, 2.05) is 91.0 Å². The molecule has 146 valence electrons. The minimum absolute atomic E-state index is 0.783. The van der Waals surface area contributed by atoms with E-state index in [1.165, 1.54) is 0 Å². The van der Waals surface area contributed by atoms with Crippen LogP contribution in [-0.2, 0) is 4.57 Å². The van der Waals surface area contributed by atoms with Crippen molar-refractivity contribution >= 4 is 28.6 Å². The van der Waals surface area contributed by atoms with Crippen LogP contribution in [0.5, 0.6) is 5.75 Å². The van der Waals surface area contributed by atoms with Crippen molar-refractivity contribution in [3.63, 3.8) is 0 Å². The summed E-state index contributed by atoms with van der Waals surface area (Å²) in [6.07, 6.45) is 0. The van der Waals surface area contributed by atoms with E-state index in [2.05, 4.69) is 18.2 Å². The predicted octanol–water partition coefficient (Wildman–Crippen LogP) is 5.94. The summed E-state index contributed by atoms with van der Waals surface area (Å²) in [5.41, 5.74) is 4.12. The first-order valence-electron chi connectivity index (χ1n) is 9.94. The highest BCUT2D eigenvalue weighted by atomic mass is 31.2. The summed E-state index contributed by atoms with van der Waals surface area (Å²) in [5, 5.41) is 2.65. The molecule has 0 bridgehead atoms. The van der Waals surface area contributed by atoms with E-state index in [-0.39, 0.29) is 0 Å². The number of rotatable bonds is 4. The average Bonchev–Trinajstić information content (AvgIpc) is 3.10. The van der Waals surface area contributed by atoms with E-state index in [1.54, 1.807) is 7.11 Å². The van der Waals surface area contributed by atoms with Crippen molar-refractivity contribution < 1.29 is 9.30 Å². The zero-order chi connectivity index (χ0) is 20.6. The second kappa shape index (κ2) is 7.48. The number of hydrogen-bond acceptors (Lipinski definition) is 2. The highest BCUT2D eigenvalue weighted by molar-refractivity contribution is 7.88. The van der Waals surface area contributed by atoms with Crippen LogP contribution in [0.25, 0.3) is 10.9 Å². The van der Waals surface area contributed by atoms with Crippen molar-refractivity contribution in [2.45, 2.75) is 0 Å². The summed E-state index contributed by atoms with van der Waals surface area (Å²) >= 11 is 0. The van der Waals surface area contributed by atoms with Crippen LogP contribution in [0, 0.1) is 0 Å². The van der Waals surface area contributed by atoms with Gasteiger partial charge in [0.05, 0.1) is 7.11 Å². The lowest BCUT2D eigenvalue weighted by molar-refractivity contribution is 0.415. The van der Waals surface area contributed by atoms with Crippen LogP contribution in [0.2, 0.25) is 0 Å². The normalized spacial score (nSPS) is 17.6. The smallest absolute Gasteiger partial charge is 0.172 e. The molecule has 30 heavy (non-hydrogen) atoms. The molecule has 0 amide bonds. The van der Waals surface area contributed by atoms with Gasteiger partial charge in [-0.1, -0.05) is 97.1 Å². The second-order valence-electron chi connectivity index (χ2n) is 7.28. The van der Waals surface area contributed by atoms with Crippen LogP contribution in [0.3, 0.4) is 0 Å². The van der Waals surface area contributed by atoms with E-state index in [9.17, 15) is 0 Å². The molecule has 1 atom stereocenters. The van der Waals surface area contributed by atoms with Crippen LogP contribution in [0.4, 0.5) is 0 Å². The first kappa shape index (κ1) is 18.7. The van der Waals surface area contributed by atoms with Crippen LogP contribution in [0.15, 0.2) is 109 Å². The lowest BCUT2D eigenvalue weighted by atomic mass is 9.96. The van der Waals surface area contributed by atoms with Gasteiger partial charge in [-0.15, -0.1) is 0 Å². The Bertz CT molecular complexity index is 1270. The maximum absolute atomic E-state index is 15.0. The highest BCUT2D eigenvalue weighted by Crippen LogP contribution is 2.65. The van der Waals surface area contributed by atoms with Crippen molar-refractivity contribution in [2.75, 3.05) is 7.11 Å². The van der Waals surface area contributed by atoms with Crippen molar-refractivity contribution in [2.24, 2.45) is 0 Å². The van der Waals surface area contributed by atoms with Crippen LogP contribution in [-0.4, -0.2) is 7.11 Å². The van der Waals surface area contributed by atoms with E-state index in [4.69, 9.17) is 4.74 Å². The van der Waals surface area contributed by atoms with E-state index < -0.39 is 7.14 Å². The molecule has 0 radical (unpaired) electrons. The molecule has 1 aliphatic heterocycles. The van der Waals surface area contributed by atoms with Crippen LogP contribution >= 0.6 is 7.14 Å². The molecule has 1 heterocycles. The fourth-order valence-electron chi connectivity index (χ4n) is 4.24. The van der Waals surface area contributed by atoms with Crippen molar-refractivity contribution in [3.8, 4) is 5.75 Å². The Balaban J connectivity index is 1.89. The largest absolute Gasteiger partial charge is 0.497 e. The molecule has 0 aliphatic carbocycles. The Morgan fingerprint density at radius 2 is 1.23 bits per heavy atom.